The molecule has 0 radical (unpaired) electrons. The highest BCUT2D eigenvalue weighted by atomic mass is 19.4. The van der Waals surface area contributed by atoms with Gasteiger partial charge < -0.3 is 19.7 Å². The molecule has 1 amide bonds. The summed E-state index contributed by atoms with van der Waals surface area (Å²) in [6.45, 7) is 6.65. The first-order valence-electron chi connectivity index (χ1n) is 11.6. The fraction of sp³-hybridized carbons (Fsp3) is 0.462. The first-order chi connectivity index (χ1) is 16.5. The van der Waals surface area contributed by atoms with E-state index in [1.165, 1.54) is 4.57 Å². The zero-order valence-electron chi connectivity index (χ0n) is 20.5. The topological polar surface area (TPSA) is 80.6 Å². The van der Waals surface area contributed by atoms with Crippen molar-refractivity contribution in [1.82, 2.24) is 9.88 Å². The van der Waals surface area contributed by atoms with Crippen LogP contribution in [0.3, 0.4) is 0 Å². The molecule has 0 spiro atoms. The number of allylic oxidation sites excluding steroid dienone is 4. The van der Waals surface area contributed by atoms with Gasteiger partial charge in [0.2, 0.25) is 0 Å². The largest absolute Gasteiger partial charge is 0.461 e. The molecule has 1 aromatic carbocycles. The van der Waals surface area contributed by atoms with Gasteiger partial charge in [0.15, 0.2) is 0 Å². The highest BCUT2D eigenvalue weighted by Crippen LogP contribution is 2.30. The smallest absolute Gasteiger partial charge is 0.392 e. The van der Waals surface area contributed by atoms with E-state index in [1.54, 1.807) is 50.3 Å². The lowest BCUT2D eigenvalue weighted by Crippen LogP contribution is -2.48. The number of esters is 1. The van der Waals surface area contributed by atoms with Crippen molar-refractivity contribution in [2.45, 2.75) is 65.2 Å². The van der Waals surface area contributed by atoms with Gasteiger partial charge in [-0.15, -0.1) is 0 Å². The van der Waals surface area contributed by atoms with Gasteiger partial charge >= 0.3 is 12.1 Å². The number of hydrogen-bond acceptors (Lipinski definition) is 4. The van der Waals surface area contributed by atoms with E-state index in [4.69, 9.17) is 4.74 Å². The Labute approximate surface area is 203 Å². The van der Waals surface area contributed by atoms with Crippen molar-refractivity contribution in [3.63, 3.8) is 0 Å². The maximum atomic E-state index is 13.4. The normalized spacial score (nSPS) is 14.3. The molecule has 2 aromatic rings. The molecule has 192 valence electrons. The van der Waals surface area contributed by atoms with Crippen LogP contribution in [0.2, 0.25) is 0 Å². The number of hydrogen-bond donors (Lipinski definition) is 2. The van der Waals surface area contributed by atoms with Gasteiger partial charge in [0, 0.05) is 17.4 Å². The summed E-state index contributed by atoms with van der Waals surface area (Å²) in [5, 5.41) is 13.0. The molecule has 35 heavy (non-hydrogen) atoms. The van der Waals surface area contributed by atoms with Crippen molar-refractivity contribution in [2.24, 2.45) is 0 Å². The number of carbonyl (C=O) groups excluding carboxylic acids is 2. The van der Waals surface area contributed by atoms with Crippen LogP contribution in [0.1, 0.15) is 67.8 Å². The maximum absolute atomic E-state index is 13.4. The molecule has 9 heteroatoms. The number of ether oxygens (including phenoxy) is 1. The van der Waals surface area contributed by atoms with Gasteiger partial charge in [-0.25, -0.2) is 4.79 Å². The van der Waals surface area contributed by atoms with E-state index < -0.39 is 30.0 Å². The molecular weight excluding hydrogens is 461 g/mol. The molecule has 0 aliphatic carbocycles. The van der Waals surface area contributed by atoms with Crippen molar-refractivity contribution < 1.29 is 32.6 Å². The van der Waals surface area contributed by atoms with Gasteiger partial charge in [0.1, 0.15) is 5.69 Å². The Hall–Kier alpha value is -3.07. The average Bonchev–Trinajstić information content (AvgIpc) is 3.14. The number of aliphatic hydroxyl groups is 1. The van der Waals surface area contributed by atoms with Gasteiger partial charge in [-0.1, -0.05) is 50.3 Å². The van der Waals surface area contributed by atoms with Crippen LogP contribution < -0.4 is 5.32 Å². The lowest BCUT2D eigenvalue weighted by molar-refractivity contribution is -0.125. The van der Waals surface area contributed by atoms with Crippen molar-refractivity contribution in [3.05, 3.63) is 59.3 Å². The van der Waals surface area contributed by atoms with E-state index in [1.807, 2.05) is 13.8 Å². The molecule has 6 nitrogen and oxygen atoms in total. The molecule has 1 heterocycles. The van der Waals surface area contributed by atoms with Crippen LogP contribution in [-0.4, -0.2) is 46.5 Å². The summed E-state index contributed by atoms with van der Waals surface area (Å²) in [7, 11) is 0. The highest BCUT2D eigenvalue weighted by Gasteiger charge is 2.32. The number of alkyl halides is 3. The average molecular weight is 495 g/mol. The fourth-order valence-corrected chi connectivity index (χ4v) is 3.57. The lowest BCUT2D eigenvalue weighted by Gasteiger charge is -2.27. The zero-order valence-corrected chi connectivity index (χ0v) is 20.5. The SMILES string of the molecule is CC/C=C\C(=C/CC(F)(F)F)Cn1c(C(=O)OCC)c(C(=O)NC(C)(CC)CO)c2ccccc21. The minimum Gasteiger partial charge on any atom is -0.461 e. The summed E-state index contributed by atoms with van der Waals surface area (Å²) in [5.74, 6) is -1.34. The molecule has 0 bridgehead atoms. The maximum Gasteiger partial charge on any atom is 0.392 e. The van der Waals surface area contributed by atoms with Gasteiger partial charge in [0.25, 0.3) is 5.91 Å². The molecular formula is C26H33F3N2O4. The Morgan fingerprint density at radius 3 is 2.43 bits per heavy atom. The number of rotatable bonds is 11. The second kappa shape index (κ2) is 12.1. The Bertz CT molecular complexity index is 1100. The third-order valence-electron chi connectivity index (χ3n) is 5.72. The molecule has 1 atom stereocenters. The first kappa shape index (κ1) is 28.2. The number of aromatic nitrogens is 1. The van der Waals surface area contributed by atoms with E-state index in [9.17, 15) is 27.9 Å². The van der Waals surface area contributed by atoms with Gasteiger partial charge in [-0.3, -0.25) is 4.79 Å². The second-order valence-electron chi connectivity index (χ2n) is 8.48. The van der Waals surface area contributed by atoms with E-state index in [-0.39, 0.29) is 31.0 Å². The molecule has 2 rings (SSSR count). The number of fused-ring (bicyclic) bond motifs is 1. The Morgan fingerprint density at radius 2 is 1.86 bits per heavy atom. The zero-order chi connectivity index (χ0) is 26.2. The number of aliphatic hydroxyl groups excluding tert-OH is 1. The Kier molecular flexibility index (Phi) is 9.71. The van der Waals surface area contributed by atoms with Crippen LogP contribution in [0.25, 0.3) is 10.9 Å². The van der Waals surface area contributed by atoms with Crippen LogP contribution in [0.5, 0.6) is 0 Å². The van der Waals surface area contributed by atoms with E-state index >= 15 is 0 Å². The molecule has 1 unspecified atom stereocenters. The van der Waals surface area contributed by atoms with E-state index in [2.05, 4.69) is 5.32 Å². The van der Waals surface area contributed by atoms with Crippen molar-refractivity contribution in [2.75, 3.05) is 13.2 Å². The number of benzene rings is 1. The van der Waals surface area contributed by atoms with Crippen molar-refractivity contribution in [3.8, 4) is 0 Å². The summed E-state index contributed by atoms with van der Waals surface area (Å²) in [4.78, 5) is 26.5. The minimum absolute atomic E-state index is 0.0512. The predicted molar refractivity (Wildman–Crippen MR) is 129 cm³/mol. The summed E-state index contributed by atoms with van der Waals surface area (Å²) < 4.78 is 45.6. The van der Waals surface area contributed by atoms with Crippen LogP contribution in [0.4, 0.5) is 13.2 Å². The quantitative estimate of drug-likeness (QED) is 0.317. The third-order valence-corrected chi connectivity index (χ3v) is 5.72. The third kappa shape index (κ3) is 7.21. The van der Waals surface area contributed by atoms with Crippen molar-refractivity contribution in [1.29, 1.82) is 0 Å². The van der Waals surface area contributed by atoms with Gasteiger partial charge in [-0.05, 0) is 38.3 Å². The molecule has 0 saturated carbocycles. The highest BCUT2D eigenvalue weighted by molar-refractivity contribution is 6.15. The van der Waals surface area contributed by atoms with Crippen LogP contribution in [0, 0.1) is 0 Å². The number of para-hydroxylation sites is 1. The molecule has 0 aliphatic heterocycles. The summed E-state index contributed by atoms with van der Waals surface area (Å²) in [6.07, 6.45) is -0.0409. The van der Waals surface area contributed by atoms with Crippen LogP contribution in [-0.2, 0) is 11.3 Å². The van der Waals surface area contributed by atoms with Crippen LogP contribution in [0.15, 0.2) is 48.1 Å². The van der Waals surface area contributed by atoms with Crippen LogP contribution >= 0.6 is 0 Å². The minimum atomic E-state index is -4.38. The lowest BCUT2D eigenvalue weighted by atomic mass is 9.99. The Balaban J connectivity index is 2.75. The summed E-state index contributed by atoms with van der Waals surface area (Å²) in [6, 6.07) is 6.80. The Morgan fingerprint density at radius 1 is 1.17 bits per heavy atom. The molecule has 0 aliphatic rings. The van der Waals surface area contributed by atoms with Crippen molar-refractivity contribution >= 4 is 22.8 Å². The summed E-state index contributed by atoms with van der Waals surface area (Å²) >= 11 is 0. The first-order valence-corrected chi connectivity index (χ1v) is 11.6. The molecule has 1 aromatic heterocycles. The van der Waals surface area contributed by atoms with E-state index in [0.717, 1.165) is 6.08 Å². The number of nitrogens with zero attached hydrogens (tertiary/aromatic N) is 1. The number of amides is 1. The number of halogens is 3. The van der Waals surface area contributed by atoms with Gasteiger partial charge in [-0.2, -0.15) is 13.2 Å². The number of carbonyl (C=O) groups is 2. The predicted octanol–water partition coefficient (Wildman–Crippen LogP) is 5.55. The monoisotopic (exact) mass is 494 g/mol. The number of nitrogens with one attached hydrogen (secondary N) is 1. The fourth-order valence-electron chi connectivity index (χ4n) is 3.57. The molecule has 2 N–H and O–H groups in total. The standard InChI is InChI=1S/C26H33F3N2O4/c1-5-8-11-18(14-15-26(27,28)29)16-31-20-13-10-9-12-19(20)21(22(31)24(34)35-7-3)23(33)30-25(4,6-2)17-32/h8-14,32H,5-7,15-17H2,1-4H3,(H,30,33)/b11-8-,18-14+. The second-order valence-corrected chi connectivity index (χ2v) is 8.48. The molecule has 0 fully saturated rings. The molecule has 0 saturated heterocycles. The summed E-state index contributed by atoms with van der Waals surface area (Å²) in [5.41, 5.74) is -0.0677. The van der Waals surface area contributed by atoms with E-state index in [0.29, 0.717) is 29.3 Å². The van der Waals surface area contributed by atoms with Gasteiger partial charge in [0.05, 0.1) is 30.7 Å².